The summed E-state index contributed by atoms with van der Waals surface area (Å²) in [6.07, 6.45) is 16.6. The number of carbonyl (C=O) groups is 4. The number of aryl methyl sites for hydroxylation is 3. The second-order valence-corrected chi connectivity index (χ2v) is 28.2. The first-order valence-electron chi connectivity index (χ1n) is 31.7. The van der Waals surface area contributed by atoms with Gasteiger partial charge in [0.15, 0.2) is 34.0 Å². The Bertz CT molecular complexity index is 4820. The minimum absolute atomic E-state index is 0.00955. The Hall–Kier alpha value is -10.0. The lowest BCUT2D eigenvalue weighted by atomic mass is 9.90. The maximum atomic E-state index is 13.0. The summed E-state index contributed by atoms with van der Waals surface area (Å²) >= 11 is 2.74. The molecule has 4 aromatic carbocycles. The molecule has 0 saturated carbocycles. The van der Waals surface area contributed by atoms with E-state index >= 15 is 0 Å². The maximum Gasteiger partial charge on any atom is 0.347 e. The number of aromatic nitrogens is 14. The molecule has 96 heavy (non-hydrogen) atoms. The van der Waals surface area contributed by atoms with Crippen molar-refractivity contribution in [3.63, 3.8) is 0 Å². The number of aromatic carboxylic acids is 1. The van der Waals surface area contributed by atoms with Crippen LogP contribution in [0.25, 0.3) is 66.9 Å². The first-order chi connectivity index (χ1) is 45.9. The third-order valence-corrected chi connectivity index (χ3v) is 19.8. The van der Waals surface area contributed by atoms with Crippen molar-refractivity contribution in [2.24, 2.45) is 5.73 Å². The number of benzene rings is 4. The molecule has 14 rings (SSSR count). The molecule has 4 unspecified atom stereocenters. The number of hydrogen-bond acceptors (Lipinski definition) is 19. The summed E-state index contributed by atoms with van der Waals surface area (Å²) in [4.78, 5) is 86.7. The SMILES string of the molecule is CC(C)(C)c1ncc(C(=O)O)s1.Cc1cc(-c2ncnc3[nH]ncc23)ccc1C(C)CC(=O)c1ncc(C(C)(C)C)s1.Cc1cc(-c2ncnc3[nH]ncc23)ccc1C(C)N.Cc1cc(-c2ncnc3c2cnn3C2CCCCO2)ccc1C(C)N1C(=O)c2ccccc2C1=O. The highest BCUT2D eigenvalue weighted by atomic mass is 32.1. The van der Waals surface area contributed by atoms with E-state index in [4.69, 9.17) is 15.6 Å². The summed E-state index contributed by atoms with van der Waals surface area (Å²) in [5.41, 5.74) is 21.1. The minimum atomic E-state index is -0.900. The number of nitrogens with zero attached hydrogens (tertiary/aromatic N) is 13. The molecular weight excluding hydrogens is 1250 g/mol. The number of thiazole rings is 2. The second kappa shape index (κ2) is 28.1. The zero-order chi connectivity index (χ0) is 68.3. The number of hydrogen-bond donors (Lipinski definition) is 4. The van der Waals surface area contributed by atoms with Crippen molar-refractivity contribution in [1.82, 2.24) is 74.9 Å². The number of carboxylic acids is 1. The number of amides is 2. The third-order valence-electron chi connectivity index (χ3n) is 17.0. The van der Waals surface area contributed by atoms with Gasteiger partial charge in [0.1, 0.15) is 23.9 Å². The third kappa shape index (κ3) is 14.3. The Morgan fingerprint density at radius 2 is 1.18 bits per heavy atom. The lowest BCUT2D eigenvalue weighted by Crippen LogP contribution is -2.32. The van der Waals surface area contributed by atoms with Crippen molar-refractivity contribution in [3.8, 4) is 33.8 Å². The van der Waals surface area contributed by atoms with E-state index in [2.05, 4.69) is 137 Å². The van der Waals surface area contributed by atoms with E-state index in [-0.39, 0.29) is 46.6 Å². The molecule has 0 bridgehead atoms. The van der Waals surface area contributed by atoms with Gasteiger partial charge in [-0.2, -0.15) is 15.3 Å². The van der Waals surface area contributed by atoms with Crippen LogP contribution in [-0.2, 0) is 15.6 Å². The van der Waals surface area contributed by atoms with Crippen LogP contribution in [0.1, 0.15) is 196 Å². The number of ketones is 1. The zero-order valence-electron chi connectivity index (χ0n) is 55.7. The van der Waals surface area contributed by atoms with Gasteiger partial charge in [0.2, 0.25) is 0 Å². The van der Waals surface area contributed by atoms with Crippen molar-refractivity contribution >= 4 is 79.3 Å². The van der Waals surface area contributed by atoms with Gasteiger partial charge < -0.3 is 15.6 Å². The standard InChI is InChI=1S/C27H25N5O3.C23H25N5OS.C14H15N5.C8H11NO2S/c1-16-13-18(24-22-14-30-32(25(22)29-15-28-24)23-9-5-6-12-35-23)10-11-19(16)17(2)31-26(33)20-7-3-4-8-21(20)27(31)34;1-13-8-15(20-17-10-27-28-21(17)26-12-25-20)6-7-16(13)14(2)9-18(29)22-24-11-19(30-22)23(3,4)5;1-8-5-10(3-4-11(8)9(2)15)13-12-6-18-19-14(12)17-7-16-13;1-8(2,3)7-9-4-5(12-7)6(10)11/h3-4,7-8,10-11,13-15,17,23H,5-6,9,12H2,1-2H3;6-8,10-12,14H,9H2,1-5H3,(H,25,26,27,28);3-7,9H,15H2,1-2H3,(H,16,17,18,19);4H,1-3H3,(H,10,11). The number of imide groups is 1. The van der Waals surface area contributed by atoms with Gasteiger partial charge in [-0.15, -0.1) is 22.7 Å². The van der Waals surface area contributed by atoms with E-state index in [1.54, 1.807) is 61.8 Å². The summed E-state index contributed by atoms with van der Waals surface area (Å²) < 4.78 is 7.76. The van der Waals surface area contributed by atoms with Gasteiger partial charge in [-0.05, 0) is 129 Å². The second-order valence-electron chi connectivity index (χ2n) is 26.2. The molecular formula is C72H76N16O6S2. The van der Waals surface area contributed by atoms with Gasteiger partial charge in [0, 0.05) is 52.2 Å². The Balaban J connectivity index is 0.000000139. The van der Waals surface area contributed by atoms with Crippen LogP contribution in [0.3, 0.4) is 0 Å². The molecule has 24 heteroatoms. The smallest absolute Gasteiger partial charge is 0.347 e. The fraction of sp³-hybridized carbons (Fsp3) is 0.319. The molecule has 0 aliphatic carbocycles. The number of nitrogens with one attached hydrogen (secondary N) is 2. The van der Waals surface area contributed by atoms with E-state index in [1.807, 2.05) is 76.7 Å². The molecule has 2 aliphatic heterocycles. The molecule has 12 aromatic rings. The number of aromatic amines is 2. The molecule has 1 saturated heterocycles. The van der Waals surface area contributed by atoms with E-state index < -0.39 is 12.0 Å². The first kappa shape index (κ1) is 67.4. The summed E-state index contributed by atoms with van der Waals surface area (Å²) in [5, 5.41) is 31.2. The predicted octanol–water partition coefficient (Wildman–Crippen LogP) is 14.8. The molecule has 4 atom stereocenters. The van der Waals surface area contributed by atoms with Crippen LogP contribution in [0.15, 0.2) is 129 Å². The summed E-state index contributed by atoms with van der Waals surface area (Å²) in [6, 6.07) is 25.1. The van der Waals surface area contributed by atoms with Crippen molar-refractivity contribution in [3.05, 3.63) is 193 Å². The van der Waals surface area contributed by atoms with Crippen LogP contribution in [0, 0.1) is 20.8 Å². The highest BCUT2D eigenvalue weighted by Crippen LogP contribution is 2.38. The lowest BCUT2D eigenvalue weighted by Gasteiger charge is -2.24. The van der Waals surface area contributed by atoms with Crippen LogP contribution in [-0.4, -0.2) is 110 Å². The van der Waals surface area contributed by atoms with Crippen LogP contribution < -0.4 is 5.73 Å². The summed E-state index contributed by atoms with van der Waals surface area (Å²) in [5.74, 6) is -1.20. The molecule has 10 heterocycles. The summed E-state index contributed by atoms with van der Waals surface area (Å²) in [6.45, 7) is 25.3. The normalized spacial score (nSPS) is 14.9. The van der Waals surface area contributed by atoms with Gasteiger partial charge in [-0.25, -0.2) is 49.3 Å². The fourth-order valence-corrected chi connectivity index (χ4v) is 13.6. The van der Waals surface area contributed by atoms with Crippen molar-refractivity contribution in [2.75, 3.05) is 6.61 Å². The number of Topliss-reactive ketones (excluding diaryl/α,β-unsaturated/α-hetero) is 1. The number of rotatable bonds is 12. The van der Waals surface area contributed by atoms with E-state index in [9.17, 15) is 19.2 Å². The number of nitrogens with two attached hydrogens (primary N) is 1. The summed E-state index contributed by atoms with van der Waals surface area (Å²) in [7, 11) is 0. The van der Waals surface area contributed by atoms with Crippen LogP contribution in [0.5, 0.6) is 0 Å². The number of carboxylic acid groups (broad SMARTS) is 1. The molecule has 2 amide bonds. The monoisotopic (exact) mass is 1320 g/mol. The molecule has 8 aromatic heterocycles. The van der Waals surface area contributed by atoms with Crippen LogP contribution in [0.2, 0.25) is 0 Å². The van der Waals surface area contributed by atoms with Gasteiger partial charge in [0.25, 0.3) is 11.8 Å². The molecule has 2 aliphatic rings. The molecule has 0 spiro atoms. The number of H-pyrrole nitrogens is 2. The molecule has 5 N–H and O–H groups in total. The van der Waals surface area contributed by atoms with Gasteiger partial charge in [0.05, 0.1) is 80.2 Å². The van der Waals surface area contributed by atoms with Gasteiger partial charge >= 0.3 is 5.97 Å². The fourth-order valence-electron chi connectivity index (χ4n) is 11.9. The predicted molar refractivity (Wildman–Crippen MR) is 372 cm³/mol. The average Bonchev–Trinajstić information content (AvgIpc) is 1.56. The largest absolute Gasteiger partial charge is 0.477 e. The van der Waals surface area contributed by atoms with E-state index in [1.165, 1.54) is 39.3 Å². The number of ether oxygens (including phenoxy) is 1. The van der Waals surface area contributed by atoms with Crippen molar-refractivity contribution in [1.29, 1.82) is 0 Å². The van der Waals surface area contributed by atoms with Crippen LogP contribution in [0.4, 0.5) is 0 Å². The minimum Gasteiger partial charge on any atom is -0.477 e. The quantitative estimate of drug-likeness (QED) is 0.0652. The van der Waals surface area contributed by atoms with Gasteiger partial charge in [-0.1, -0.05) is 97.0 Å². The van der Waals surface area contributed by atoms with E-state index in [0.29, 0.717) is 27.4 Å². The van der Waals surface area contributed by atoms with Crippen molar-refractivity contribution in [2.45, 2.75) is 144 Å². The molecule has 1 fully saturated rings. The molecule has 492 valence electrons. The Morgan fingerprint density at radius 1 is 0.635 bits per heavy atom. The number of carbonyl (C=O) groups excluding carboxylic acids is 3. The Kier molecular flexibility index (Phi) is 19.8. The highest BCUT2D eigenvalue weighted by molar-refractivity contribution is 7.14. The maximum absolute atomic E-state index is 13.0. The Labute approximate surface area is 563 Å². The van der Waals surface area contributed by atoms with Gasteiger partial charge in [-0.3, -0.25) is 29.5 Å². The Morgan fingerprint density at radius 3 is 1.66 bits per heavy atom. The average molecular weight is 1330 g/mol. The lowest BCUT2D eigenvalue weighted by molar-refractivity contribution is -0.0370. The van der Waals surface area contributed by atoms with Crippen LogP contribution >= 0.6 is 22.7 Å². The van der Waals surface area contributed by atoms with Crippen molar-refractivity contribution < 1.29 is 29.0 Å². The number of fused-ring (bicyclic) bond motifs is 4. The van der Waals surface area contributed by atoms with E-state index in [0.717, 1.165) is 130 Å². The zero-order valence-corrected chi connectivity index (χ0v) is 57.3. The molecule has 22 nitrogen and oxygen atoms in total. The topological polar surface area (TPSA) is 305 Å². The molecule has 0 radical (unpaired) electrons. The highest BCUT2D eigenvalue weighted by Gasteiger charge is 2.39. The first-order valence-corrected chi connectivity index (χ1v) is 33.3.